The predicted molar refractivity (Wildman–Crippen MR) is 166 cm³/mol. The molecule has 5 rings (SSSR count). The highest BCUT2D eigenvalue weighted by Crippen LogP contribution is 2.37. The molecule has 0 amide bonds. The fourth-order valence-electron chi connectivity index (χ4n) is 5.51. The fraction of sp³-hybridized carbons (Fsp3) is 0.433. The molecule has 2 fully saturated rings. The summed E-state index contributed by atoms with van der Waals surface area (Å²) in [4.78, 5) is 4.45. The topological polar surface area (TPSA) is 164 Å². The Bertz CT molecular complexity index is 1660. The molecule has 0 aliphatic carbocycles. The lowest BCUT2D eigenvalue weighted by molar-refractivity contribution is -0.0312. The van der Waals surface area contributed by atoms with Gasteiger partial charge in [0.2, 0.25) is 20.0 Å². The highest BCUT2D eigenvalue weighted by atomic mass is 32.2. The van der Waals surface area contributed by atoms with Crippen LogP contribution in [0.15, 0.2) is 76.7 Å². The quantitative estimate of drug-likeness (QED) is 0.281. The summed E-state index contributed by atoms with van der Waals surface area (Å²) in [5.74, 6) is 0.751. The van der Waals surface area contributed by atoms with Crippen molar-refractivity contribution in [1.29, 1.82) is 0 Å². The third-order valence-corrected chi connectivity index (χ3v) is 11.8. The Morgan fingerprint density at radius 2 is 1.80 bits per heavy atom. The Morgan fingerprint density at radius 1 is 1.07 bits per heavy atom. The molecule has 2 aromatic carbocycles. The lowest BCUT2D eigenvalue weighted by atomic mass is 9.88. The van der Waals surface area contributed by atoms with Gasteiger partial charge in [0.15, 0.2) is 0 Å². The van der Waals surface area contributed by atoms with Gasteiger partial charge in [-0.15, -0.1) is 0 Å². The summed E-state index contributed by atoms with van der Waals surface area (Å²) in [6.07, 6.45) is 2.65. The molecule has 4 N–H and O–H groups in total. The number of aromatic nitrogens is 1. The average Bonchev–Trinajstić information content (AvgIpc) is 3.41. The molecular weight excluding hydrogens is 606 g/mol. The smallest absolute Gasteiger partial charge is 0.243 e. The van der Waals surface area contributed by atoms with Crippen LogP contribution in [0, 0.1) is 0 Å². The normalized spacial score (nSPS) is 19.8. The van der Waals surface area contributed by atoms with Crippen LogP contribution >= 0.6 is 0 Å². The first-order chi connectivity index (χ1) is 20.9. The Kier molecular flexibility index (Phi) is 9.61. The standard InChI is InChI=1S/C30H39N5O7S2/c1-34(2)43(37,38)28-8-4-6-26(16-28)41-21-25(36)19-32-24-17-30(42-20-24)11-13-35(14-12-30)44(39,40)27-7-3-5-22(15-27)23-9-10-29(31)33-18-23/h3-10,15-16,18,24-25,32,36H,11-14,17,19-21H2,1-2H3,(H2,31,33)/t24?,25-/m0/s1. The molecule has 1 spiro atoms. The van der Waals surface area contributed by atoms with E-state index in [2.05, 4.69) is 10.3 Å². The second-order valence-corrected chi connectivity index (χ2v) is 15.5. The summed E-state index contributed by atoms with van der Waals surface area (Å²) in [5, 5.41) is 13.8. The Balaban J connectivity index is 1.10. The van der Waals surface area contributed by atoms with Gasteiger partial charge >= 0.3 is 0 Å². The van der Waals surface area contributed by atoms with E-state index in [1.807, 2.05) is 12.1 Å². The Hall–Kier alpha value is -3.11. The molecule has 44 heavy (non-hydrogen) atoms. The Morgan fingerprint density at radius 3 is 2.50 bits per heavy atom. The minimum Gasteiger partial charge on any atom is -0.491 e. The van der Waals surface area contributed by atoms with Gasteiger partial charge in [0, 0.05) is 57.6 Å². The first kappa shape index (κ1) is 32.3. The largest absolute Gasteiger partial charge is 0.491 e. The van der Waals surface area contributed by atoms with Gasteiger partial charge in [-0.05, 0) is 61.2 Å². The molecule has 2 aliphatic rings. The van der Waals surface area contributed by atoms with Gasteiger partial charge in [0.05, 0.1) is 22.0 Å². The summed E-state index contributed by atoms with van der Waals surface area (Å²) in [6.45, 7) is 1.41. The highest BCUT2D eigenvalue weighted by molar-refractivity contribution is 7.89. The van der Waals surface area contributed by atoms with E-state index in [0.29, 0.717) is 50.5 Å². The molecule has 2 atom stereocenters. The van der Waals surface area contributed by atoms with Crippen LogP contribution in [0.4, 0.5) is 5.82 Å². The molecule has 0 saturated carbocycles. The van der Waals surface area contributed by atoms with Crippen molar-refractivity contribution in [2.45, 2.75) is 46.8 Å². The lowest BCUT2D eigenvalue weighted by Crippen LogP contribution is -2.47. The molecule has 14 heteroatoms. The number of anilines is 1. The van der Waals surface area contributed by atoms with Crippen LogP contribution < -0.4 is 15.8 Å². The number of aliphatic hydroxyl groups is 1. The molecule has 1 unspecified atom stereocenters. The van der Waals surface area contributed by atoms with Crippen LogP contribution in [0.1, 0.15) is 19.3 Å². The molecule has 1 aromatic heterocycles. The molecular formula is C30H39N5O7S2. The number of hydrogen-bond acceptors (Lipinski definition) is 10. The van der Waals surface area contributed by atoms with E-state index in [1.54, 1.807) is 42.6 Å². The van der Waals surface area contributed by atoms with Crippen LogP contribution in [0.2, 0.25) is 0 Å². The van der Waals surface area contributed by atoms with Crippen molar-refractivity contribution in [2.24, 2.45) is 0 Å². The number of benzene rings is 2. The van der Waals surface area contributed by atoms with Gasteiger partial charge < -0.3 is 25.6 Å². The second-order valence-electron chi connectivity index (χ2n) is 11.4. The number of nitrogens with two attached hydrogens (primary N) is 1. The van der Waals surface area contributed by atoms with E-state index in [9.17, 15) is 21.9 Å². The Labute approximate surface area is 258 Å². The third kappa shape index (κ3) is 7.23. The van der Waals surface area contributed by atoms with Gasteiger partial charge in [-0.25, -0.2) is 26.1 Å². The molecule has 3 aromatic rings. The first-order valence-electron chi connectivity index (χ1n) is 14.4. The van der Waals surface area contributed by atoms with Crippen molar-refractivity contribution < 1.29 is 31.4 Å². The van der Waals surface area contributed by atoms with E-state index < -0.39 is 31.8 Å². The van der Waals surface area contributed by atoms with Gasteiger partial charge in [-0.3, -0.25) is 0 Å². The summed E-state index contributed by atoms with van der Waals surface area (Å²) in [7, 11) is -4.36. The van der Waals surface area contributed by atoms with Crippen molar-refractivity contribution in [3.05, 3.63) is 66.9 Å². The SMILES string of the molecule is CN(C)S(=O)(=O)c1cccc(OC[C@@H](O)CNC2COC3(CCN(S(=O)(=O)c4cccc(-c5ccc(N)nc5)c4)CC3)C2)c1. The van der Waals surface area contributed by atoms with Crippen molar-refractivity contribution in [1.82, 2.24) is 18.9 Å². The van der Waals surface area contributed by atoms with Crippen molar-refractivity contribution in [2.75, 3.05) is 52.7 Å². The average molecular weight is 646 g/mol. The number of aliphatic hydroxyl groups excluding tert-OH is 1. The summed E-state index contributed by atoms with van der Waals surface area (Å²) >= 11 is 0. The first-order valence-corrected chi connectivity index (χ1v) is 17.3. The minimum atomic E-state index is -3.69. The zero-order valence-electron chi connectivity index (χ0n) is 24.8. The highest BCUT2D eigenvalue weighted by Gasteiger charge is 2.44. The zero-order valence-corrected chi connectivity index (χ0v) is 26.4. The van der Waals surface area contributed by atoms with Crippen LogP contribution in [0.25, 0.3) is 11.1 Å². The monoisotopic (exact) mass is 645 g/mol. The molecule has 2 saturated heterocycles. The number of nitrogens with zero attached hydrogens (tertiary/aromatic N) is 3. The number of nitrogens with one attached hydrogen (secondary N) is 1. The van der Waals surface area contributed by atoms with Crippen molar-refractivity contribution in [3.8, 4) is 16.9 Å². The molecule has 0 bridgehead atoms. The van der Waals surface area contributed by atoms with Crippen molar-refractivity contribution >= 4 is 25.9 Å². The van der Waals surface area contributed by atoms with Gasteiger partial charge in [-0.2, -0.15) is 4.31 Å². The minimum absolute atomic E-state index is 0.00608. The van der Waals surface area contributed by atoms with E-state index in [0.717, 1.165) is 15.4 Å². The van der Waals surface area contributed by atoms with Gasteiger partial charge in [0.25, 0.3) is 0 Å². The van der Waals surface area contributed by atoms with Crippen LogP contribution in [-0.2, 0) is 24.8 Å². The maximum absolute atomic E-state index is 13.5. The second kappa shape index (κ2) is 13.1. The number of rotatable bonds is 11. The van der Waals surface area contributed by atoms with Crippen LogP contribution in [0.3, 0.4) is 0 Å². The fourth-order valence-corrected chi connectivity index (χ4v) is 7.93. The van der Waals surface area contributed by atoms with Gasteiger partial charge in [0.1, 0.15) is 24.3 Å². The molecule has 238 valence electrons. The molecule has 12 nitrogen and oxygen atoms in total. The molecule has 0 radical (unpaired) electrons. The summed E-state index contributed by atoms with van der Waals surface area (Å²) < 4.78 is 66.2. The number of sulfonamides is 2. The number of pyridine rings is 1. The molecule has 2 aliphatic heterocycles. The number of nitrogen functional groups attached to an aromatic ring is 1. The van der Waals surface area contributed by atoms with E-state index in [1.165, 1.54) is 30.5 Å². The number of ether oxygens (including phenoxy) is 2. The predicted octanol–water partition coefficient (Wildman–Crippen LogP) is 1.92. The van der Waals surface area contributed by atoms with Crippen LogP contribution in [-0.4, -0.2) is 100 Å². The van der Waals surface area contributed by atoms with E-state index in [-0.39, 0.29) is 29.0 Å². The van der Waals surface area contributed by atoms with E-state index in [4.69, 9.17) is 15.2 Å². The van der Waals surface area contributed by atoms with Crippen molar-refractivity contribution in [3.63, 3.8) is 0 Å². The maximum Gasteiger partial charge on any atom is 0.243 e. The number of hydrogen-bond donors (Lipinski definition) is 3. The third-order valence-electron chi connectivity index (χ3n) is 8.10. The van der Waals surface area contributed by atoms with E-state index >= 15 is 0 Å². The number of piperidine rings is 1. The van der Waals surface area contributed by atoms with Crippen LogP contribution in [0.5, 0.6) is 5.75 Å². The molecule has 3 heterocycles. The lowest BCUT2D eigenvalue weighted by Gasteiger charge is -2.38. The summed E-state index contributed by atoms with van der Waals surface area (Å²) in [5.41, 5.74) is 6.80. The maximum atomic E-state index is 13.5. The zero-order chi connectivity index (χ0) is 31.5. The van der Waals surface area contributed by atoms with Gasteiger partial charge in [-0.1, -0.05) is 18.2 Å². The summed E-state index contributed by atoms with van der Waals surface area (Å²) in [6, 6.07) is 16.5.